The van der Waals surface area contributed by atoms with E-state index in [1.807, 2.05) is 0 Å². The first-order valence-electron chi connectivity index (χ1n) is 5.74. The van der Waals surface area contributed by atoms with E-state index in [1.165, 1.54) is 0 Å². The molecular weight excluding hydrogens is 190 g/mol. The molecule has 88 valence electrons. The highest BCUT2D eigenvalue weighted by atomic mass is 16.5. The molecule has 4 heteroatoms. The highest BCUT2D eigenvalue weighted by Gasteiger charge is 2.28. The van der Waals surface area contributed by atoms with Crippen LogP contribution in [0.25, 0.3) is 0 Å². The van der Waals surface area contributed by atoms with Crippen LogP contribution < -0.4 is 5.73 Å². The van der Waals surface area contributed by atoms with Crippen molar-refractivity contribution in [2.45, 2.75) is 51.8 Å². The number of ether oxygens (including phenoxy) is 1. The average Bonchev–Trinajstić information content (AvgIpc) is 2.18. The molecule has 0 aromatic rings. The van der Waals surface area contributed by atoms with E-state index in [0.29, 0.717) is 24.6 Å². The Morgan fingerprint density at radius 2 is 2.27 bits per heavy atom. The van der Waals surface area contributed by atoms with E-state index < -0.39 is 0 Å². The Labute approximate surface area is 92.3 Å². The van der Waals surface area contributed by atoms with Gasteiger partial charge in [0, 0.05) is 25.0 Å². The average molecular weight is 213 g/mol. The summed E-state index contributed by atoms with van der Waals surface area (Å²) < 4.78 is 5.59. The molecule has 0 aromatic carbocycles. The molecule has 15 heavy (non-hydrogen) atoms. The van der Waals surface area contributed by atoms with E-state index in [0.717, 1.165) is 19.6 Å². The predicted molar refractivity (Wildman–Crippen MR) is 62.2 cm³/mol. The molecule has 0 spiro atoms. The van der Waals surface area contributed by atoms with Gasteiger partial charge in [-0.3, -0.25) is 10.3 Å². The lowest BCUT2D eigenvalue weighted by Gasteiger charge is -2.41. The van der Waals surface area contributed by atoms with Gasteiger partial charge < -0.3 is 10.5 Å². The monoisotopic (exact) mass is 213 g/mol. The summed E-state index contributed by atoms with van der Waals surface area (Å²) in [5.41, 5.74) is 5.48. The van der Waals surface area contributed by atoms with Gasteiger partial charge in [-0.15, -0.1) is 0 Å². The minimum absolute atomic E-state index is 0.285. The smallest absolute Gasteiger partial charge is 0.0921 e. The largest absolute Gasteiger partial charge is 0.388 e. The molecule has 3 N–H and O–H groups in total. The fraction of sp³-hybridized carbons (Fsp3) is 0.909. The maximum Gasteiger partial charge on any atom is 0.0921 e. The number of hydrogen-bond acceptors (Lipinski definition) is 3. The number of nitrogens with one attached hydrogen (secondary N) is 1. The van der Waals surface area contributed by atoms with Crippen LogP contribution in [0.3, 0.4) is 0 Å². The summed E-state index contributed by atoms with van der Waals surface area (Å²) in [6.45, 7) is 8.16. The summed E-state index contributed by atoms with van der Waals surface area (Å²) in [6, 6.07) is 0.828. The zero-order valence-electron chi connectivity index (χ0n) is 9.99. The van der Waals surface area contributed by atoms with Gasteiger partial charge in [0.25, 0.3) is 0 Å². The summed E-state index contributed by atoms with van der Waals surface area (Å²) in [7, 11) is 0. The fourth-order valence-corrected chi connectivity index (χ4v) is 2.19. The molecule has 3 atom stereocenters. The molecule has 1 saturated heterocycles. The van der Waals surface area contributed by atoms with Crippen molar-refractivity contribution in [3.05, 3.63) is 0 Å². The predicted octanol–water partition coefficient (Wildman–Crippen LogP) is 1.20. The summed E-state index contributed by atoms with van der Waals surface area (Å²) >= 11 is 0. The normalized spacial score (nSPS) is 30.1. The minimum atomic E-state index is 0.285. The van der Waals surface area contributed by atoms with Gasteiger partial charge in [-0.25, -0.2) is 0 Å². The van der Waals surface area contributed by atoms with E-state index in [4.69, 9.17) is 15.9 Å². The first kappa shape index (κ1) is 12.5. The van der Waals surface area contributed by atoms with Crippen LogP contribution in [0, 0.1) is 5.41 Å². The number of morpholine rings is 1. The van der Waals surface area contributed by atoms with Crippen LogP contribution in [0.1, 0.15) is 33.6 Å². The summed E-state index contributed by atoms with van der Waals surface area (Å²) in [6.07, 6.45) is 2.01. The Balaban J connectivity index is 2.59. The first-order chi connectivity index (χ1) is 7.04. The molecule has 3 unspecified atom stereocenters. The van der Waals surface area contributed by atoms with E-state index in [2.05, 4.69) is 25.7 Å². The number of amidine groups is 1. The Kier molecular flexibility index (Phi) is 4.54. The standard InChI is InChI=1S/C11H23N3O/c1-4-10(5-11(12)13)14-6-9(3)15-7-8(14)2/h8-10H,4-7H2,1-3H3,(H3,12,13). The van der Waals surface area contributed by atoms with Crippen LogP contribution in [0.5, 0.6) is 0 Å². The molecule has 0 aromatic heterocycles. The fourth-order valence-electron chi connectivity index (χ4n) is 2.19. The molecule has 1 aliphatic rings. The van der Waals surface area contributed by atoms with Gasteiger partial charge in [-0.2, -0.15) is 0 Å². The number of hydrogen-bond donors (Lipinski definition) is 2. The molecule has 1 rings (SSSR count). The SMILES string of the molecule is CCC(CC(=N)N)N1CC(C)OCC1C. The van der Waals surface area contributed by atoms with Gasteiger partial charge >= 0.3 is 0 Å². The Hall–Kier alpha value is -0.610. The van der Waals surface area contributed by atoms with Crippen molar-refractivity contribution in [1.29, 1.82) is 5.41 Å². The van der Waals surface area contributed by atoms with Crippen LogP contribution in [0.2, 0.25) is 0 Å². The summed E-state index contributed by atoms with van der Waals surface area (Å²) in [4.78, 5) is 2.43. The third kappa shape index (κ3) is 3.47. The quantitative estimate of drug-likeness (QED) is 0.545. The zero-order valence-corrected chi connectivity index (χ0v) is 9.99. The van der Waals surface area contributed by atoms with Crippen LogP contribution in [-0.4, -0.2) is 42.1 Å². The molecular formula is C11H23N3O. The molecule has 1 heterocycles. The Bertz CT molecular complexity index is 220. The third-order valence-electron chi connectivity index (χ3n) is 3.05. The van der Waals surface area contributed by atoms with Gasteiger partial charge in [0.05, 0.1) is 18.5 Å². The van der Waals surface area contributed by atoms with Crippen molar-refractivity contribution >= 4 is 5.84 Å². The zero-order chi connectivity index (χ0) is 11.4. The van der Waals surface area contributed by atoms with Crippen molar-refractivity contribution in [3.63, 3.8) is 0 Å². The second-order valence-electron chi connectivity index (χ2n) is 4.48. The maximum absolute atomic E-state index is 7.38. The minimum Gasteiger partial charge on any atom is -0.388 e. The molecule has 0 saturated carbocycles. The van der Waals surface area contributed by atoms with E-state index in [1.54, 1.807) is 0 Å². The van der Waals surface area contributed by atoms with Crippen LogP contribution in [0.15, 0.2) is 0 Å². The lowest BCUT2D eigenvalue weighted by molar-refractivity contribution is -0.0654. The molecule has 0 bridgehead atoms. The molecule has 0 aliphatic carbocycles. The third-order valence-corrected chi connectivity index (χ3v) is 3.05. The molecule has 0 radical (unpaired) electrons. The van der Waals surface area contributed by atoms with Crippen LogP contribution >= 0.6 is 0 Å². The van der Waals surface area contributed by atoms with Gasteiger partial charge in [-0.1, -0.05) is 6.92 Å². The number of nitrogens with zero attached hydrogens (tertiary/aromatic N) is 1. The lowest BCUT2D eigenvalue weighted by Crippen LogP contribution is -2.52. The van der Waals surface area contributed by atoms with Gasteiger partial charge in [0.15, 0.2) is 0 Å². The van der Waals surface area contributed by atoms with Crippen molar-refractivity contribution in [2.24, 2.45) is 5.73 Å². The van der Waals surface area contributed by atoms with E-state index >= 15 is 0 Å². The van der Waals surface area contributed by atoms with Crippen molar-refractivity contribution in [2.75, 3.05) is 13.2 Å². The van der Waals surface area contributed by atoms with Gasteiger partial charge in [0.2, 0.25) is 0 Å². The van der Waals surface area contributed by atoms with Crippen molar-refractivity contribution in [3.8, 4) is 0 Å². The summed E-state index contributed by atoms with van der Waals surface area (Å²) in [5, 5.41) is 7.38. The van der Waals surface area contributed by atoms with Crippen molar-refractivity contribution < 1.29 is 4.74 Å². The Morgan fingerprint density at radius 1 is 1.60 bits per heavy atom. The Morgan fingerprint density at radius 3 is 2.80 bits per heavy atom. The van der Waals surface area contributed by atoms with E-state index in [-0.39, 0.29) is 5.84 Å². The van der Waals surface area contributed by atoms with Gasteiger partial charge in [0.1, 0.15) is 0 Å². The van der Waals surface area contributed by atoms with Crippen LogP contribution in [0.4, 0.5) is 0 Å². The molecule has 1 aliphatic heterocycles. The molecule has 4 nitrogen and oxygen atoms in total. The number of nitrogens with two attached hydrogens (primary N) is 1. The van der Waals surface area contributed by atoms with Crippen molar-refractivity contribution in [1.82, 2.24) is 4.90 Å². The molecule has 0 amide bonds. The highest BCUT2D eigenvalue weighted by molar-refractivity contribution is 5.77. The first-order valence-corrected chi connectivity index (χ1v) is 5.74. The lowest BCUT2D eigenvalue weighted by atomic mass is 10.0. The second-order valence-corrected chi connectivity index (χ2v) is 4.48. The topological polar surface area (TPSA) is 62.3 Å². The van der Waals surface area contributed by atoms with E-state index in [9.17, 15) is 0 Å². The molecule has 1 fully saturated rings. The summed E-state index contributed by atoms with van der Waals surface area (Å²) in [5.74, 6) is 0.285. The number of rotatable bonds is 4. The maximum atomic E-state index is 7.38. The van der Waals surface area contributed by atoms with Crippen LogP contribution in [-0.2, 0) is 4.74 Å². The van der Waals surface area contributed by atoms with Gasteiger partial charge in [-0.05, 0) is 20.3 Å². The second kappa shape index (κ2) is 5.47. The highest BCUT2D eigenvalue weighted by Crippen LogP contribution is 2.18.